The molecule has 2 aliphatic rings. The summed E-state index contributed by atoms with van der Waals surface area (Å²) in [6.45, 7) is 8.86. The third-order valence-corrected chi connectivity index (χ3v) is 5.02. The monoisotopic (exact) mass is 254 g/mol. The van der Waals surface area contributed by atoms with Gasteiger partial charge < -0.3 is 9.47 Å². The molecule has 2 nitrogen and oxygen atoms in total. The zero-order chi connectivity index (χ0) is 13.0. The Morgan fingerprint density at radius 1 is 1.33 bits per heavy atom. The molecule has 1 saturated heterocycles. The Bertz CT molecular complexity index is 247. The minimum absolute atomic E-state index is 0.0850. The molecule has 0 amide bonds. The molecule has 0 aromatic rings. The van der Waals surface area contributed by atoms with Gasteiger partial charge in [-0.15, -0.1) is 0 Å². The molecule has 106 valence electrons. The second-order valence-corrected chi connectivity index (χ2v) is 6.57. The first-order valence-electron chi connectivity index (χ1n) is 7.91. The van der Waals surface area contributed by atoms with Crippen molar-refractivity contribution in [2.24, 2.45) is 17.3 Å². The summed E-state index contributed by atoms with van der Waals surface area (Å²) in [6, 6.07) is 0. The van der Waals surface area contributed by atoms with Crippen molar-refractivity contribution in [3.8, 4) is 0 Å². The second-order valence-electron chi connectivity index (χ2n) is 6.57. The Hall–Kier alpha value is -0.0800. The maximum Gasteiger partial charge on any atom is 0.157 e. The molecule has 0 spiro atoms. The Morgan fingerprint density at radius 3 is 2.72 bits per heavy atom. The average Bonchev–Trinajstić information content (AvgIpc) is 3.06. The van der Waals surface area contributed by atoms with Gasteiger partial charge in [-0.3, -0.25) is 0 Å². The van der Waals surface area contributed by atoms with E-state index in [-0.39, 0.29) is 6.29 Å². The molecule has 2 fully saturated rings. The first kappa shape index (κ1) is 14.3. The minimum Gasteiger partial charge on any atom is -0.353 e. The lowest BCUT2D eigenvalue weighted by molar-refractivity contribution is -0.170. The van der Waals surface area contributed by atoms with E-state index in [0.29, 0.717) is 5.41 Å². The van der Waals surface area contributed by atoms with Crippen LogP contribution < -0.4 is 0 Å². The smallest absolute Gasteiger partial charge is 0.157 e. The van der Waals surface area contributed by atoms with Crippen molar-refractivity contribution in [2.45, 2.75) is 72.0 Å². The van der Waals surface area contributed by atoms with Crippen LogP contribution in [0.25, 0.3) is 0 Å². The molecule has 0 aromatic carbocycles. The first-order valence-corrected chi connectivity index (χ1v) is 7.91. The molecule has 1 heterocycles. The lowest BCUT2D eigenvalue weighted by Gasteiger charge is -2.26. The highest BCUT2D eigenvalue weighted by Gasteiger charge is 2.48. The molecule has 0 N–H and O–H groups in total. The quantitative estimate of drug-likeness (QED) is 0.671. The molecule has 2 rings (SSSR count). The molecular weight excluding hydrogens is 224 g/mol. The number of rotatable bonds is 7. The van der Waals surface area contributed by atoms with Crippen LogP contribution in [-0.4, -0.2) is 19.5 Å². The lowest BCUT2D eigenvalue weighted by Crippen LogP contribution is -2.25. The molecule has 1 saturated carbocycles. The zero-order valence-corrected chi connectivity index (χ0v) is 12.4. The van der Waals surface area contributed by atoms with E-state index in [9.17, 15) is 0 Å². The number of hydrogen-bond acceptors (Lipinski definition) is 2. The van der Waals surface area contributed by atoms with E-state index in [4.69, 9.17) is 9.47 Å². The van der Waals surface area contributed by atoms with Gasteiger partial charge in [0.2, 0.25) is 0 Å². The molecule has 1 aliphatic heterocycles. The molecule has 18 heavy (non-hydrogen) atoms. The van der Waals surface area contributed by atoms with Crippen LogP contribution in [0.15, 0.2) is 0 Å². The van der Waals surface area contributed by atoms with Crippen LogP contribution in [0.3, 0.4) is 0 Å². The van der Waals surface area contributed by atoms with Gasteiger partial charge in [-0.05, 0) is 49.4 Å². The maximum absolute atomic E-state index is 5.96. The van der Waals surface area contributed by atoms with E-state index in [1.807, 2.05) is 0 Å². The molecule has 4 atom stereocenters. The fraction of sp³-hybridized carbons (Fsp3) is 1.00. The molecule has 0 aromatic heterocycles. The number of ether oxygens (including phenoxy) is 2. The molecule has 2 heteroatoms. The fourth-order valence-corrected chi connectivity index (χ4v) is 3.46. The Balaban J connectivity index is 1.69. The summed E-state index contributed by atoms with van der Waals surface area (Å²) < 4.78 is 11.6. The lowest BCUT2D eigenvalue weighted by atomic mass is 9.90. The van der Waals surface area contributed by atoms with Crippen molar-refractivity contribution >= 4 is 0 Å². The summed E-state index contributed by atoms with van der Waals surface area (Å²) in [5.41, 5.74) is 0.617. The summed E-state index contributed by atoms with van der Waals surface area (Å²) in [6.07, 6.45) is 8.99. The van der Waals surface area contributed by atoms with E-state index in [0.717, 1.165) is 31.5 Å². The summed E-state index contributed by atoms with van der Waals surface area (Å²) in [4.78, 5) is 0. The molecule has 4 unspecified atom stereocenters. The molecule has 0 bridgehead atoms. The van der Waals surface area contributed by atoms with Crippen LogP contribution in [0.4, 0.5) is 0 Å². The average molecular weight is 254 g/mol. The van der Waals surface area contributed by atoms with Crippen molar-refractivity contribution in [1.82, 2.24) is 0 Å². The van der Waals surface area contributed by atoms with Gasteiger partial charge in [-0.2, -0.15) is 0 Å². The normalized spacial score (nSPS) is 37.5. The van der Waals surface area contributed by atoms with Crippen molar-refractivity contribution in [1.29, 1.82) is 0 Å². The van der Waals surface area contributed by atoms with Crippen molar-refractivity contribution in [3.05, 3.63) is 0 Å². The van der Waals surface area contributed by atoms with E-state index in [2.05, 4.69) is 20.8 Å². The predicted molar refractivity (Wildman–Crippen MR) is 74.4 cm³/mol. The highest BCUT2D eigenvalue weighted by Crippen LogP contribution is 2.58. The van der Waals surface area contributed by atoms with Crippen molar-refractivity contribution in [2.75, 3.05) is 13.2 Å². The molecule has 1 aliphatic carbocycles. The van der Waals surface area contributed by atoms with Crippen molar-refractivity contribution in [3.63, 3.8) is 0 Å². The predicted octanol–water partition coefficient (Wildman–Crippen LogP) is 4.38. The fourth-order valence-electron chi connectivity index (χ4n) is 3.46. The summed E-state index contributed by atoms with van der Waals surface area (Å²) in [7, 11) is 0. The summed E-state index contributed by atoms with van der Waals surface area (Å²) in [5, 5.41) is 0. The largest absolute Gasteiger partial charge is 0.353 e. The van der Waals surface area contributed by atoms with Gasteiger partial charge >= 0.3 is 0 Å². The van der Waals surface area contributed by atoms with E-state index in [1.165, 1.54) is 38.5 Å². The van der Waals surface area contributed by atoms with Gasteiger partial charge in [0.15, 0.2) is 6.29 Å². The van der Waals surface area contributed by atoms with Gasteiger partial charge in [0.25, 0.3) is 0 Å². The summed E-state index contributed by atoms with van der Waals surface area (Å²) >= 11 is 0. The van der Waals surface area contributed by atoms with Crippen molar-refractivity contribution < 1.29 is 9.47 Å². The topological polar surface area (TPSA) is 18.5 Å². The second kappa shape index (κ2) is 6.38. The molecular formula is C16H30O2. The third-order valence-electron chi connectivity index (χ3n) is 5.02. The highest BCUT2D eigenvalue weighted by atomic mass is 16.7. The van der Waals surface area contributed by atoms with Crippen LogP contribution in [0.5, 0.6) is 0 Å². The summed E-state index contributed by atoms with van der Waals surface area (Å²) in [5.74, 6) is 1.69. The number of hydrogen-bond donors (Lipinski definition) is 0. The Morgan fingerprint density at radius 2 is 2.17 bits per heavy atom. The minimum atomic E-state index is 0.0850. The Labute approximate surface area is 112 Å². The van der Waals surface area contributed by atoms with Crippen LogP contribution in [0.2, 0.25) is 0 Å². The van der Waals surface area contributed by atoms with Crippen LogP contribution in [-0.2, 0) is 9.47 Å². The van der Waals surface area contributed by atoms with Crippen LogP contribution in [0.1, 0.15) is 65.7 Å². The Kier molecular flexibility index (Phi) is 5.08. The standard InChI is InChI=1S/C16H30O2/c1-4-13(10-16(3)11-14(16)5-2)12-18-15-8-6-7-9-17-15/h13-15H,4-12H2,1-3H3. The van der Waals surface area contributed by atoms with Gasteiger partial charge in [0.05, 0.1) is 6.61 Å². The van der Waals surface area contributed by atoms with Gasteiger partial charge in [-0.25, -0.2) is 0 Å². The SMILES string of the molecule is CCC(COC1CCCCO1)CC1(C)CC1CC. The third kappa shape index (κ3) is 3.71. The highest BCUT2D eigenvalue weighted by molar-refractivity contribution is 4.98. The maximum atomic E-state index is 5.96. The zero-order valence-electron chi connectivity index (χ0n) is 12.4. The van der Waals surface area contributed by atoms with E-state index in [1.54, 1.807) is 0 Å². The van der Waals surface area contributed by atoms with Gasteiger partial charge in [-0.1, -0.05) is 33.6 Å². The van der Waals surface area contributed by atoms with E-state index < -0.39 is 0 Å². The van der Waals surface area contributed by atoms with Gasteiger partial charge in [0, 0.05) is 6.61 Å². The molecule has 0 radical (unpaired) electrons. The van der Waals surface area contributed by atoms with Crippen LogP contribution >= 0.6 is 0 Å². The first-order chi connectivity index (χ1) is 8.68. The van der Waals surface area contributed by atoms with E-state index >= 15 is 0 Å². The van der Waals surface area contributed by atoms with Gasteiger partial charge in [0.1, 0.15) is 0 Å². The van der Waals surface area contributed by atoms with Crippen LogP contribution in [0, 0.1) is 17.3 Å².